The van der Waals surface area contributed by atoms with E-state index in [2.05, 4.69) is 4.72 Å². The lowest BCUT2D eigenvalue weighted by molar-refractivity contribution is -0.135. The molecule has 8 nitrogen and oxygen atoms in total. The van der Waals surface area contributed by atoms with E-state index in [0.717, 1.165) is 5.56 Å². The second kappa shape index (κ2) is 8.92. The molecule has 34 heavy (non-hydrogen) atoms. The normalized spacial score (nSPS) is 12.6. The van der Waals surface area contributed by atoms with E-state index in [9.17, 15) is 18.0 Å². The number of hydrogen-bond donors (Lipinski definition) is 1. The molecule has 0 aliphatic heterocycles. The molecule has 0 amide bonds. The quantitative estimate of drug-likeness (QED) is 0.193. The van der Waals surface area contributed by atoms with E-state index in [1.807, 2.05) is 6.92 Å². The van der Waals surface area contributed by atoms with Crippen LogP contribution in [0, 0.1) is 13.8 Å². The van der Waals surface area contributed by atoms with E-state index in [-0.39, 0.29) is 16.2 Å². The smallest absolute Gasteiger partial charge is 0.344 e. The predicted molar refractivity (Wildman–Crippen MR) is 128 cm³/mol. The Bertz CT molecular complexity index is 1570. The van der Waals surface area contributed by atoms with E-state index in [0.29, 0.717) is 27.5 Å². The number of sulfonamides is 1. The van der Waals surface area contributed by atoms with Gasteiger partial charge in [0.1, 0.15) is 23.1 Å². The molecular formula is C25H23NO7S. The van der Waals surface area contributed by atoms with E-state index < -0.39 is 27.7 Å². The molecule has 9 heteroatoms. The lowest BCUT2D eigenvalue weighted by Crippen LogP contribution is -2.40. The van der Waals surface area contributed by atoms with Crippen LogP contribution in [-0.4, -0.2) is 27.5 Å². The van der Waals surface area contributed by atoms with Crippen LogP contribution >= 0.6 is 0 Å². The fourth-order valence-electron chi connectivity index (χ4n) is 3.59. The first-order valence-corrected chi connectivity index (χ1v) is 11.9. The van der Waals surface area contributed by atoms with Crippen molar-refractivity contribution in [2.45, 2.75) is 31.7 Å². The van der Waals surface area contributed by atoms with E-state index in [1.54, 1.807) is 49.4 Å². The Morgan fingerprint density at radius 1 is 0.971 bits per heavy atom. The van der Waals surface area contributed by atoms with Crippen LogP contribution in [-0.2, 0) is 14.8 Å². The minimum Gasteiger partial charge on any atom is -0.497 e. The zero-order valence-electron chi connectivity index (χ0n) is 19.0. The number of nitrogens with one attached hydrogen (secondary N) is 1. The minimum atomic E-state index is -3.92. The molecule has 0 aliphatic carbocycles. The number of fused-ring (bicyclic) bond motifs is 3. The average Bonchev–Trinajstić information content (AvgIpc) is 2.81. The largest absolute Gasteiger partial charge is 0.497 e. The van der Waals surface area contributed by atoms with E-state index in [1.165, 1.54) is 26.2 Å². The van der Waals surface area contributed by atoms with Gasteiger partial charge < -0.3 is 13.9 Å². The van der Waals surface area contributed by atoms with Crippen molar-refractivity contribution >= 4 is 37.7 Å². The van der Waals surface area contributed by atoms with Crippen molar-refractivity contribution in [2.24, 2.45) is 0 Å². The lowest BCUT2D eigenvalue weighted by Gasteiger charge is -2.15. The van der Waals surface area contributed by atoms with Gasteiger partial charge in [0.05, 0.1) is 17.4 Å². The number of hydrogen-bond acceptors (Lipinski definition) is 7. The molecule has 1 atom stereocenters. The zero-order chi connectivity index (χ0) is 24.6. The summed E-state index contributed by atoms with van der Waals surface area (Å²) in [4.78, 5) is 25.3. The zero-order valence-corrected chi connectivity index (χ0v) is 19.9. The standard InChI is InChI=1S/C25H23NO7S/c1-14-5-8-18(9-6-14)34(29,30)26-16(3)24(27)32-22-12-11-20-19-10-7-17(31-4)13-21(19)25(28)33-23(20)15(22)2/h5-13,16,26H,1-4H3. The van der Waals surface area contributed by atoms with Gasteiger partial charge in [0.15, 0.2) is 0 Å². The number of benzene rings is 3. The molecule has 176 valence electrons. The fraction of sp³-hybridized carbons (Fsp3) is 0.200. The van der Waals surface area contributed by atoms with Crippen molar-refractivity contribution in [3.8, 4) is 11.5 Å². The van der Waals surface area contributed by atoms with E-state index in [4.69, 9.17) is 13.9 Å². The Morgan fingerprint density at radius 3 is 2.32 bits per heavy atom. The number of rotatable bonds is 6. The topological polar surface area (TPSA) is 112 Å². The Labute approximate surface area is 196 Å². The molecule has 0 fully saturated rings. The van der Waals surface area contributed by atoms with Crippen molar-refractivity contribution < 1.29 is 27.1 Å². The molecule has 1 heterocycles. The van der Waals surface area contributed by atoms with Gasteiger partial charge in [-0.1, -0.05) is 17.7 Å². The summed E-state index contributed by atoms with van der Waals surface area (Å²) in [5, 5.41) is 1.71. The Kier molecular flexibility index (Phi) is 6.16. The van der Waals surface area contributed by atoms with Crippen LogP contribution < -0.4 is 19.8 Å². The average molecular weight is 482 g/mol. The van der Waals surface area contributed by atoms with Crippen LogP contribution in [0.1, 0.15) is 18.1 Å². The van der Waals surface area contributed by atoms with Crippen LogP contribution in [0.25, 0.3) is 21.7 Å². The molecule has 0 bridgehead atoms. The number of aryl methyl sites for hydroxylation is 2. The third-order valence-electron chi connectivity index (χ3n) is 5.52. The summed E-state index contributed by atoms with van der Waals surface area (Å²) >= 11 is 0. The highest BCUT2D eigenvalue weighted by Gasteiger charge is 2.24. The first-order valence-electron chi connectivity index (χ1n) is 10.5. The highest BCUT2D eigenvalue weighted by Crippen LogP contribution is 2.32. The van der Waals surface area contributed by atoms with Crippen molar-refractivity contribution in [1.82, 2.24) is 4.72 Å². The second-order valence-corrected chi connectivity index (χ2v) is 9.66. The summed E-state index contributed by atoms with van der Waals surface area (Å²) in [6.45, 7) is 4.90. The summed E-state index contributed by atoms with van der Waals surface area (Å²) in [6, 6.07) is 13.5. The molecule has 1 N–H and O–H groups in total. The number of carbonyl (C=O) groups excluding carboxylic acids is 1. The summed E-state index contributed by atoms with van der Waals surface area (Å²) < 4.78 is 43.6. The van der Waals surface area contributed by atoms with Gasteiger partial charge in [-0.2, -0.15) is 4.72 Å². The number of ether oxygens (including phenoxy) is 2. The highest BCUT2D eigenvalue weighted by molar-refractivity contribution is 7.89. The molecule has 4 aromatic rings. The van der Waals surface area contributed by atoms with Gasteiger partial charge in [0.2, 0.25) is 10.0 Å². The van der Waals surface area contributed by atoms with Gasteiger partial charge in [0, 0.05) is 16.3 Å². The van der Waals surface area contributed by atoms with Crippen molar-refractivity contribution in [3.05, 3.63) is 76.1 Å². The molecule has 0 aliphatic rings. The maximum atomic E-state index is 12.7. The molecule has 0 saturated heterocycles. The molecule has 0 radical (unpaired) electrons. The van der Waals surface area contributed by atoms with Gasteiger partial charge in [-0.15, -0.1) is 0 Å². The van der Waals surface area contributed by atoms with Gasteiger partial charge in [-0.25, -0.2) is 18.0 Å². The summed E-state index contributed by atoms with van der Waals surface area (Å²) in [6.07, 6.45) is 0. The summed E-state index contributed by atoms with van der Waals surface area (Å²) in [5.74, 6) is -0.107. The van der Waals surface area contributed by atoms with Gasteiger partial charge in [0.25, 0.3) is 0 Å². The summed E-state index contributed by atoms with van der Waals surface area (Å²) in [5.41, 5.74) is 1.08. The first-order chi connectivity index (χ1) is 16.1. The SMILES string of the molecule is COc1ccc2c(c1)c(=O)oc1c(C)c(OC(=O)C(C)NS(=O)(=O)c3ccc(C)cc3)ccc12. The number of carbonyl (C=O) groups is 1. The Balaban J connectivity index is 1.62. The maximum absolute atomic E-state index is 12.7. The fourth-order valence-corrected chi connectivity index (χ4v) is 4.78. The summed E-state index contributed by atoms with van der Waals surface area (Å²) in [7, 11) is -2.40. The molecule has 0 saturated carbocycles. The predicted octanol–water partition coefficient (Wildman–Crippen LogP) is 3.84. The highest BCUT2D eigenvalue weighted by atomic mass is 32.2. The molecular weight excluding hydrogens is 458 g/mol. The van der Waals surface area contributed by atoms with Crippen LogP contribution in [0.2, 0.25) is 0 Å². The van der Waals surface area contributed by atoms with Gasteiger partial charge in [-0.3, -0.25) is 0 Å². The molecule has 1 unspecified atom stereocenters. The Morgan fingerprint density at radius 2 is 1.65 bits per heavy atom. The maximum Gasteiger partial charge on any atom is 0.344 e. The molecule has 4 rings (SSSR count). The van der Waals surface area contributed by atoms with Crippen LogP contribution in [0.5, 0.6) is 11.5 Å². The minimum absolute atomic E-state index is 0.0462. The molecule has 3 aromatic carbocycles. The molecule has 1 aromatic heterocycles. The number of methoxy groups -OCH3 is 1. The molecule has 0 spiro atoms. The first kappa shape index (κ1) is 23.5. The van der Waals surface area contributed by atoms with Crippen molar-refractivity contribution in [1.29, 1.82) is 0 Å². The van der Waals surface area contributed by atoms with Crippen LogP contribution in [0.3, 0.4) is 0 Å². The van der Waals surface area contributed by atoms with Crippen LogP contribution in [0.15, 0.2) is 68.7 Å². The monoisotopic (exact) mass is 481 g/mol. The third-order valence-corrected chi connectivity index (χ3v) is 7.07. The third kappa shape index (κ3) is 4.40. The van der Waals surface area contributed by atoms with E-state index >= 15 is 0 Å². The second-order valence-electron chi connectivity index (χ2n) is 7.94. The van der Waals surface area contributed by atoms with Gasteiger partial charge in [-0.05, 0) is 63.2 Å². The lowest BCUT2D eigenvalue weighted by atomic mass is 10.0. The van der Waals surface area contributed by atoms with Crippen molar-refractivity contribution in [2.75, 3.05) is 7.11 Å². The van der Waals surface area contributed by atoms with Gasteiger partial charge >= 0.3 is 11.6 Å². The Hall–Kier alpha value is -3.69. The number of esters is 1. The van der Waals surface area contributed by atoms with Crippen molar-refractivity contribution in [3.63, 3.8) is 0 Å². The van der Waals surface area contributed by atoms with Crippen LogP contribution in [0.4, 0.5) is 0 Å².